The summed E-state index contributed by atoms with van der Waals surface area (Å²) in [5.74, 6) is 1.70. The number of aromatic hydroxyl groups is 1. The number of phenols is 1. The second kappa shape index (κ2) is 6.15. The number of nitrogens with zero attached hydrogens (tertiary/aromatic N) is 1. The Balaban J connectivity index is 1.62. The van der Waals surface area contributed by atoms with E-state index in [2.05, 4.69) is 68.0 Å². The number of ether oxygens (including phenoxy) is 1. The van der Waals surface area contributed by atoms with Crippen LogP contribution in [0.1, 0.15) is 62.4 Å². The molecule has 4 heteroatoms. The van der Waals surface area contributed by atoms with Gasteiger partial charge in [0, 0.05) is 27.9 Å². The number of aromatic amines is 1. The second-order valence-corrected chi connectivity index (χ2v) is 11.7. The Morgan fingerprint density at radius 1 is 1.21 bits per heavy atom. The molecule has 4 aliphatic rings. The number of likely N-dealkylation sites (N-methyl/N-ethyl adjacent to an activating group) is 1. The molecule has 0 radical (unpaired) electrons. The van der Waals surface area contributed by atoms with Gasteiger partial charge in [-0.25, -0.2) is 0 Å². The summed E-state index contributed by atoms with van der Waals surface area (Å²) < 4.78 is 7.02. The van der Waals surface area contributed by atoms with E-state index in [1.54, 1.807) is 0 Å². The van der Waals surface area contributed by atoms with Crippen LogP contribution in [0.15, 0.2) is 36.4 Å². The third-order valence-electron chi connectivity index (χ3n) is 9.99. The van der Waals surface area contributed by atoms with E-state index in [0.29, 0.717) is 17.7 Å². The number of nitrogens with one attached hydrogen (secondary N) is 1. The Kier molecular flexibility index (Phi) is 3.72. The van der Waals surface area contributed by atoms with Gasteiger partial charge in [-0.05, 0) is 75.4 Å². The van der Waals surface area contributed by atoms with Gasteiger partial charge in [0.25, 0.3) is 0 Å². The first-order valence-corrected chi connectivity index (χ1v) is 12.7. The molecular formula is C29H34N2O2. The van der Waals surface area contributed by atoms with Crippen LogP contribution in [0, 0.1) is 11.3 Å². The van der Waals surface area contributed by atoms with E-state index in [1.807, 2.05) is 6.07 Å². The van der Waals surface area contributed by atoms with Crippen LogP contribution < -0.4 is 4.74 Å². The molecule has 0 amide bonds. The van der Waals surface area contributed by atoms with Gasteiger partial charge >= 0.3 is 0 Å². The lowest BCUT2D eigenvalue weighted by molar-refractivity contribution is -0.149. The fourth-order valence-electron chi connectivity index (χ4n) is 8.64. The predicted molar refractivity (Wildman–Crippen MR) is 131 cm³/mol. The van der Waals surface area contributed by atoms with E-state index in [0.717, 1.165) is 31.6 Å². The van der Waals surface area contributed by atoms with Crippen molar-refractivity contribution in [2.75, 3.05) is 13.6 Å². The van der Waals surface area contributed by atoms with Crippen LogP contribution in [-0.2, 0) is 23.9 Å². The van der Waals surface area contributed by atoms with Crippen LogP contribution in [0.5, 0.6) is 11.5 Å². The molecule has 0 unspecified atom stereocenters. The maximum Gasteiger partial charge on any atom is 0.166 e. The Hall–Kier alpha value is -2.46. The number of phenolic OH excluding ortho intramolecular Hbond substituents is 1. The zero-order valence-electron chi connectivity index (χ0n) is 20.2. The molecule has 3 aromatic rings. The number of benzene rings is 2. The fourth-order valence-corrected chi connectivity index (χ4v) is 8.64. The van der Waals surface area contributed by atoms with Crippen molar-refractivity contribution in [3.8, 4) is 11.5 Å². The van der Waals surface area contributed by atoms with Crippen molar-refractivity contribution in [1.29, 1.82) is 0 Å². The van der Waals surface area contributed by atoms with Crippen molar-refractivity contribution in [2.45, 2.75) is 69.9 Å². The molecule has 7 rings (SSSR count). The Bertz CT molecular complexity index is 1310. The summed E-state index contributed by atoms with van der Waals surface area (Å²) in [5.41, 5.74) is 5.98. The van der Waals surface area contributed by atoms with Gasteiger partial charge in [-0.2, -0.15) is 0 Å². The molecule has 172 valence electrons. The largest absolute Gasteiger partial charge is 0.504 e. The lowest BCUT2D eigenvalue weighted by atomic mass is 9.39. The van der Waals surface area contributed by atoms with Gasteiger partial charge in [-0.3, -0.25) is 0 Å². The number of hydrogen-bond acceptors (Lipinski definition) is 3. The zero-order valence-corrected chi connectivity index (χ0v) is 20.2. The number of rotatable bonds is 3. The van der Waals surface area contributed by atoms with Crippen LogP contribution in [0.4, 0.5) is 0 Å². The minimum Gasteiger partial charge on any atom is -0.504 e. The van der Waals surface area contributed by atoms with Crippen LogP contribution in [-0.4, -0.2) is 34.6 Å². The highest BCUT2D eigenvalue weighted by Gasteiger charge is 2.76. The fraction of sp³-hybridized carbons (Fsp3) is 0.517. The SMILES string of the molecule is CC(C)CC[C@@]12Cc3c([nH]c4ccccc34)[C@]3(C)Oc4c(O)ccc5c4[C@]13CCN(C)[C@H]2C5. The maximum absolute atomic E-state index is 11.0. The predicted octanol–water partition coefficient (Wildman–Crippen LogP) is 5.66. The molecular weight excluding hydrogens is 408 g/mol. The van der Waals surface area contributed by atoms with E-state index in [-0.39, 0.29) is 10.8 Å². The van der Waals surface area contributed by atoms with Gasteiger partial charge in [0.1, 0.15) is 0 Å². The van der Waals surface area contributed by atoms with Gasteiger partial charge in [-0.15, -0.1) is 0 Å². The topological polar surface area (TPSA) is 48.5 Å². The Labute approximate surface area is 195 Å². The quantitative estimate of drug-likeness (QED) is 0.550. The number of piperidine rings is 1. The number of para-hydroxylation sites is 1. The molecule has 2 aromatic carbocycles. The Morgan fingerprint density at radius 2 is 2.03 bits per heavy atom. The highest BCUT2D eigenvalue weighted by Crippen LogP contribution is 2.75. The maximum atomic E-state index is 11.0. The highest BCUT2D eigenvalue weighted by molar-refractivity contribution is 5.86. The van der Waals surface area contributed by atoms with Crippen molar-refractivity contribution in [3.05, 3.63) is 58.8 Å². The van der Waals surface area contributed by atoms with E-state index < -0.39 is 5.60 Å². The molecule has 1 fully saturated rings. The standard InChI is InChI=1S/C29H34N2O2/c1-17(2)11-12-28-16-20-19-7-5-6-8-21(19)30-26(20)27(3)29(28)13-14-31(4)23(28)15-18-9-10-22(32)25(33-27)24(18)29/h5-10,17,23,30,32H,11-16H2,1-4H3/t23-,27-,28-,29-/m0/s1. The first kappa shape index (κ1) is 20.0. The molecule has 3 heterocycles. The van der Waals surface area contributed by atoms with E-state index in [1.165, 1.54) is 46.1 Å². The van der Waals surface area contributed by atoms with Gasteiger partial charge < -0.3 is 19.7 Å². The smallest absolute Gasteiger partial charge is 0.166 e. The molecule has 1 aromatic heterocycles. The lowest BCUT2D eigenvalue weighted by Gasteiger charge is -2.68. The highest BCUT2D eigenvalue weighted by atomic mass is 16.5. The molecule has 4 atom stereocenters. The summed E-state index contributed by atoms with van der Waals surface area (Å²) >= 11 is 0. The first-order valence-electron chi connectivity index (χ1n) is 12.7. The molecule has 1 spiro atoms. The molecule has 4 nitrogen and oxygen atoms in total. The number of aromatic nitrogens is 1. The van der Waals surface area contributed by atoms with Gasteiger partial charge in [0.15, 0.2) is 17.1 Å². The van der Waals surface area contributed by atoms with Crippen molar-refractivity contribution in [2.24, 2.45) is 11.3 Å². The summed E-state index contributed by atoms with van der Waals surface area (Å²) in [7, 11) is 2.33. The average Bonchev–Trinajstić information content (AvgIpc) is 3.29. The van der Waals surface area contributed by atoms with E-state index in [9.17, 15) is 5.11 Å². The van der Waals surface area contributed by atoms with Crippen molar-refractivity contribution in [1.82, 2.24) is 9.88 Å². The average molecular weight is 443 g/mol. The van der Waals surface area contributed by atoms with Crippen molar-refractivity contribution in [3.63, 3.8) is 0 Å². The molecule has 1 saturated heterocycles. The van der Waals surface area contributed by atoms with Gasteiger partial charge in [0.05, 0.1) is 11.1 Å². The summed E-state index contributed by atoms with van der Waals surface area (Å²) in [4.78, 5) is 6.46. The third-order valence-corrected chi connectivity index (χ3v) is 9.99. The molecule has 33 heavy (non-hydrogen) atoms. The number of H-pyrrole nitrogens is 1. The van der Waals surface area contributed by atoms with E-state index in [4.69, 9.17) is 4.74 Å². The normalized spacial score (nSPS) is 33.8. The molecule has 2 aliphatic carbocycles. The lowest BCUT2D eigenvalue weighted by Crippen LogP contribution is -2.73. The summed E-state index contributed by atoms with van der Waals surface area (Å²) in [6.45, 7) is 8.09. The second-order valence-electron chi connectivity index (χ2n) is 11.7. The number of fused-ring (bicyclic) bond motifs is 4. The molecule has 2 bridgehead atoms. The third kappa shape index (κ3) is 2.09. The number of likely N-dealkylation sites (tertiary alicyclic amines) is 1. The minimum atomic E-state index is -0.521. The van der Waals surface area contributed by atoms with Gasteiger partial charge in [0.2, 0.25) is 0 Å². The van der Waals surface area contributed by atoms with Crippen LogP contribution in [0.25, 0.3) is 10.9 Å². The van der Waals surface area contributed by atoms with Crippen molar-refractivity contribution >= 4 is 10.9 Å². The van der Waals surface area contributed by atoms with Crippen LogP contribution in [0.3, 0.4) is 0 Å². The van der Waals surface area contributed by atoms with E-state index >= 15 is 0 Å². The van der Waals surface area contributed by atoms with Crippen LogP contribution in [0.2, 0.25) is 0 Å². The molecule has 2 N–H and O–H groups in total. The monoisotopic (exact) mass is 442 g/mol. The van der Waals surface area contributed by atoms with Crippen LogP contribution >= 0.6 is 0 Å². The first-order chi connectivity index (χ1) is 15.8. The van der Waals surface area contributed by atoms with Gasteiger partial charge in [-0.1, -0.05) is 44.5 Å². The number of hydrogen-bond donors (Lipinski definition) is 2. The Morgan fingerprint density at radius 3 is 2.85 bits per heavy atom. The zero-order chi connectivity index (χ0) is 22.8. The summed E-state index contributed by atoms with van der Waals surface area (Å²) in [6, 6.07) is 13.2. The van der Waals surface area contributed by atoms with Crippen molar-refractivity contribution < 1.29 is 9.84 Å². The molecule has 0 saturated carbocycles. The summed E-state index contributed by atoms with van der Waals surface area (Å²) in [5, 5.41) is 12.4. The molecule has 2 aliphatic heterocycles. The minimum absolute atomic E-state index is 0.0724. The summed E-state index contributed by atoms with van der Waals surface area (Å²) in [6.07, 6.45) is 5.57.